The number of nitrogens with zero attached hydrogens (tertiary/aromatic N) is 2. The van der Waals surface area contributed by atoms with Gasteiger partial charge in [0.05, 0.1) is 11.6 Å². The van der Waals surface area contributed by atoms with E-state index in [-0.39, 0.29) is 17.9 Å². The van der Waals surface area contributed by atoms with Crippen LogP contribution >= 0.6 is 0 Å². The molecule has 2 aromatic carbocycles. The predicted molar refractivity (Wildman–Crippen MR) is 106 cm³/mol. The number of carbonyl (C=O) groups is 2. The van der Waals surface area contributed by atoms with Gasteiger partial charge in [-0.15, -0.1) is 0 Å². The second-order valence-electron chi connectivity index (χ2n) is 6.95. The lowest BCUT2D eigenvalue weighted by molar-refractivity contribution is -0.139. The van der Waals surface area contributed by atoms with Gasteiger partial charge in [0.25, 0.3) is 11.8 Å². The normalized spacial score (nSPS) is 17.0. The summed E-state index contributed by atoms with van der Waals surface area (Å²) in [6.07, 6.45) is 0.303. The van der Waals surface area contributed by atoms with Crippen molar-refractivity contribution in [3.63, 3.8) is 0 Å². The first-order valence-electron chi connectivity index (χ1n) is 9.34. The molecule has 6 heteroatoms. The molecule has 1 heterocycles. The van der Waals surface area contributed by atoms with E-state index >= 15 is 0 Å². The summed E-state index contributed by atoms with van der Waals surface area (Å²) in [6.45, 7) is 6.26. The van der Waals surface area contributed by atoms with Crippen molar-refractivity contribution in [1.29, 1.82) is 5.26 Å². The van der Waals surface area contributed by atoms with Crippen LogP contribution in [0.4, 0.5) is 5.69 Å². The van der Waals surface area contributed by atoms with Crippen molar-refractivity contribution < 1.29 is 14.3 Å². The molecule has 6 nitrogen and oxygen atoms in total. The minimum Gasteiger partial charge on any atom is -0.481 e. The molecular formula is C22H23N3O3. The zero-order valence-electron chi connectivity index (χ0n) is 16.2. The summed E-state index contributed by atoms with van der Waals surface area (Å²) in [6, 6.07) is 14.0. The minimum atomic E-state index is -0.547. The van der Waals surface area contributed by atoms with Crippen molar-refractivity contribution in [2.45, 2.75) is 45.9 Å². The zero-order chi connectivity index (χ0) is 20.3. The first-order chi connectivity index (χ1) is 13.4. The van der Waals surface area contributed by atoms with Gasteiger partial charge >= 0.3 is 0 Å². The van der Waals surface area contributed by atoms with E-state index in [4.69, 9.17) is 10.00 Å². The second kappa shape index (κ2) is 8.13. The summed E-state index contributed by atoms with van der Waals surface area (Å²) >= 11 is 0. The number of hydrogen-bond donors (Lipinski definition) is 1. The number of hydrogen-bond acceptors (Lipinski definition) is 4. The second-order valence-corrected chi connectivity index (χ2v) is 6.95. The summed E-state index contributed by atoms with van der Waals surface area (Å²) in [5.74, 6) is 0.360. The quantitative estimate of drug-likeness (QED) is 0.880. The predicted octanol–water partition coefficient (Wildman–Crippen LogP) is 3.72. The zero-order valence-corrected chi connectivity index (χ0v) is 16.2. The molecule has 0 aromatic heterocycles. The molecule has 0 radical (unpaired) electrons. The number of anilines is 1. The molecule has 2 aromatic rings. The first kappa shape index (κ1) is 19.4. The van der Waals surface area contributed by atoms with Gasteiger partial charge in [0.2, 0.25) is 0 Å². The molecule has 1 N–H and O–H groups in total. The van der Waals surface area contributed by atoms with Crippen LogP contribution in [-0.2, 0) is 11.3 Å². The fourth-order valence-electron chi connectivity index (χ4n) is 3.12. The molecule has 2 atom stereocenters. The summed E-state index contributed by atoms with van der Waals surface area (Å²) in [5.41, 5.74) is 2.45. The summed E-state index contributed by atoms with van der Waals surface area (Å²) in [5, 5.41) is 11.7. The van der Waals surface area contributed by atoms with Crippen molar-refractivity contribution in [1.82, 2.24) is 4.90 Å². The SMILES string of the molecule is CCC(C)N1Cc2cc(NC(=O)c3ccc(C#N)cc3)ccc2OC(C)C1=O. The maximum absolute atomic E-state index is 12.6. The molecule has 28 heavy (non-hydrogen) atoms. The Morgan fingerprint density at radius 3 is 2.68 bits per heavy atom. The Labute approximate surface area is 164 Å². The van der Waals surface area contributed by atoms with Gasteiger partial charge in [-0.25, -0.2) is 0 Å². The Kier molecular flexibility index (Phi) is 5.65. The third-order valence-corrected chi connectivity index (χ3v) is 4.99. The van der Waals surface area contributed by atoms with Crippen LogP contribution in [0.15, 0.2) is 42.5 Å². The molecule has 144 valence electrons. The van der Waals surface area contributed by atoms with Crippen LogP contribution in [-0.4, -0.2) is 28.9 Å². The molecule has 1 aliphatic rings. The maximum Gasteiger partial charge on any atom is 0.263 e. The number of fused-ring (bicyclic) bond motifs is 1. The Morgan fingerprint density at radius 2 is 2.04 bits per heavy atom. The highest BCUT2D eigenvalue weighted by Gasteiger charge is 2.30. The number of nitrogens with one attached hydrogen (secondary N) is 1. The standard InChI is InChI=1S/C22H23N3O3/c1-4-14(2)25-13-18-11-19(9-10-20(18)28-15(3)22(25)27)24-21(26)17-7-5-16(12-23)6-8-17/h5-11,14-15H,4,13H2,1-3H3,(H,24,26). The van der Waals surface area contributed by atoms with Crippen LogP contribution in [0.5, 0.6) is 5.75 Å². The van der Waals surface area contributed by atoms with Gasteiger partial charge in [0, 0.05) is 29.4 Å². The first-order valence-corrected chi connectivity index (χ1v) is 9.34. The number of nitriles is 1. The average Bonchev–Trinajstić information content (AvgIpc) is 2.84. The Balaban J connectivity index is 1.83. The third kappa shape index (κ3) is 3.99. The smallest absolute Gasteiger partial charge is 0.263 e. The van der Waals surface area contributed by atoms with E-state index in [1.165, 1.54) is 0 Å². The Morgan fingerprint density at radius 1 is 1.32 bits per heavy atom. The van der Waals surface area contributed by atoms with Gasteiger partial charge in [0.15, 0.2) is 6.10 Å². The van der Waals surface area contributed by atoms with E-state index in [0.29, 0.717) is 29.1 Å². The van der Waals surface area contributed by atoms with E-state index in [1.807, 2.05) is 30.9 Å². The van der Waals surface area contributed by atoms with E-state index in [0.717, 1.165) is 12.0 Å². The molecule has 0 aliphatic carbocycles. The van der Waals surface area contributed by atoms with E-state index < -0.39 is 6.10 Å². The van der Waals surface area contributed by atoms with Crippen LogP contribution in [0.3, 0.4) is 0 Å². The fourth-order valence-corrected chi connectivity index (χ4v) is 3.12. The van der Waals surface area contributed by atoms with Crippen LogP contribution in [0.2, 0.25) is 0 Å². The Hall–Kier alpha value is -3.33. The highest BCUT2D eigenvalue weighted by Crippen LogP contribution is 2.30. The van der Waals surface area contributed by atoms with Crippen molar-refractivity contribution >= 4 is 17.5 Å². The van der Waals surface area contributed by atoms with Crippen LogP contribution in [0.25, 0.3) is 0 Å². The van der Waals surface area contributed by atoms with Crippen LogP contribution in [0.1, 0.15) is 48.7 Å². The average molecular weight is 377 g/mol. The number of carbonyl (C=O) groups excluding carboxylic acids is 2. The van der Waals surface area contributed by atoms with Gasteiger partial charge in [-0.05, 0) is 62.7 Å². The largest absolute Gasteiger partial charge is 0.481 e. The van der Waals surface area contributed by atoms with Gasteiger partial charge < -0.3 is 15.0 Å². The fraction of sp³-hybridized carbons (Fsp3) is 0.318. The monoisotopic (exact) mass is 377 g/mol. The van der Waals surface area contributed by atoms with E-state index in [1.54, 1.807) is 43.3 Å². The third-order valence-electron chi connectivity index (χ3n) is 4.99. The molecule has 0 saturated heterocycles. The summed E-state index contributed by atoms with van der Waals surface area (Å²) in [7, 11) is 0. The van der Waals surface area contributed by atoms with Crippen LogP contribution in [0, 0.1) is 11.3 Å². The van der Waals surface area contributed by atoms with Gasteiger partial charge in [-0.1, -0.05) is 6.92 Å². The molecule has 2 unspecified atom stereocenters. The lowest BCUT2D eigenvalue weighted by Gasteiger charge is -2.28. The minimum absolute atomic E-state index is 0.0336. The lowest BCUT2D eigenvalue weighted by atomic mass is 10.1. The van der Waals surface area contributed by atoms with E-state index in [9.17, 15) is 9.59 Å². The number of amides is 2. The maximum atomic E-state index is 12.6. The van der Waals surface area contributed by atoms with Crippen molar-refractivity contribution in [2.24, 2.45) is 0 Å². The van der Waals surface area contributed by atoms with Crippen molar-refractivity contribution in [3.8, 4) is 11.8 Å². The summed E-state index contributed by atoms with van der Waals surface area (Å²) in [4.78, 5) is 26.9. The van der Waals surface area contributed by atoms with Crippen LogP contribution < -0.4 is 10.1 Å². The molecule has 0 spiro atoms. The van der Waals surface area contributed by atoms with Gasteiger partial charge in [0.1, 0.15) is 5.75 Å². The Bertz CT molecular complexity index is 931. The molecule has 3 rings (SSSR count). The molecule has 0 bridgehead atoms. The van der Waals surface area contributed by atoms with E-state index in [2.05, 4.69) is 5.32 Å². The molecule has 2 amide bonds. The molecule has 0 saturated carbocycles. The van der Waals surface area contributed by atoms with Crippen molar-refractivity contribution in [2.75, 3.05) is 5.32 Å². The lowest BCUT2D eigenvalue weighted by Crippen LogP contribution is -2.42. The van der Waals surface area contributed by atoms with Gasteiger partial charge in [-0.3, -0.25) is 9.59 Å². The number of benzene rings is 2. The van der Waals surface area contributed by atoms with Crippen molar-refractivity contribution in [3.05, 3.63) is 59.2 Å². The van der Waals surface area contributed by atoms with Gasteiger partial charge in [-0.2, -0.15) is 5.26 Å². The number of rotatable bonds is 4. The number of ether oxygens (including phenoxy) is 1. The highest BCUT2D eigenvalue weighted by atomic mass is 16.5. The molecular weight excluding hydrogens is 354 g/mol. The highest BCUT2D eigenvalue weighted by molar-refractivity contribution is 6.04. The molecule has 1 aliphatic heterocycles. The summed E-state index contributed by atoms with van der Waals surface area (Å²) < 4.78 is 5.83. The topological polar surface area (TPSA) is 82.4 Å². The molecule has 0 fully saturated rings.